The van der Waals surface area contributed by atoms with E-state index in [1.54, 1.807) is 32.1 Å². The zero-order valence-corrected chi connectivity index (χ0v) is 38.6. The van der Waals surface area contributed by atoms with E-state index in [1.807, 2.05) is 13.8 Å². The van der Waals surface area contributed by atoms with Gasteiger partial charge in [0, 0.05) is 40.2 Å². The predicted molar refractivity (Wildman–Crippen MR) is 206 cm³/mol. The van der Waals surface area contributed by atoms with E-state index >= 15 is 0 Å². The van der Waals surface area contributed by atoms with Crippen molar-refractivity contribution >= 4 is 55.6 Å². The molecule has 0 aliphatic carbocycles. The van der Waals surface area contributed by atoms with Crippen LogP contribution in [0.15, 0.2) is 91.2 Å². The molecular weight excluding hydrogens is 799 g/mol. The first kappa shape index (κ1) is 50.0. The van der Waals surface area contributed by atoms with E-state index in [0.717, 1.165) is 22.3 Å². The number of hydrogen-bond donors (Lipinski definition) is 5. The Hall–Kier alpha value is -3.17. The summed E-state index contributed by atoms with van der Waals surface area (Å²) in [6.45, 7) is 13.9. The molecule has 2 amide bonds. The van der Waals surface area contributed by atoms with Crippen LogP contribution in [0.2, 0.25) is 0 Å². The maximum atomic E-state index is 12.7. The summed E-state index contributed by atoms with van der Waals surface area (Å²) in [4.78, 5) is 41.0. The van der Waals surface area contributed by atoms with E-state index in [2.05, 4.69) is 38.8 Å². The van der Waals surface area contributed by atoms with Gasteiger partial charge in [0.25, 0.3) is 32.1 Å². The largest absolute Gasteiger partial charge is 1.00 e. The van der Waals surface area contributed by atoms with Gasteiger partial charge in [0.1, 0.15) is 0 Å². The number of amides is 2. The van der Waals surface area contributed by atoms with Crippen molar-refractivity contribution in [3.8, 4) is 0 Å². The third-order valence-electron chi connectivity index (χ3n) is 9.50. The standard InChI is InChI=1S/C37H46N6O10S2.2Na/c1-7-24-23(6)36(46)43-31(24)18-29-22(5)27(10-12-35(45)39-14-16-55(51,52)53)33(41-29)19-32-26(9-11-34(44)38-13-15-54(48,49)50)21(4)28(40-32)17-30-20(3)25(8-2)37(47)42-30;;/h7-8,17-18,33,40H,1-2,9-16,19H2,3-6H3,(H,38,44)(H,39,45)(H,42,47)(H,43,46)(H,48,49,50)(H,51,52,53);;/q;2*+1/p-2. The van der Waals surface area contributed by atoms with Gasteiger partial charge in [-0.15, -0.1) is 0 Å². The quantitative estimate of drug-likeness (QED) is 0.0410. The Balaban J connectivity index is 0.00000561. The molecule has 57 heavy (non-hydrogen) atoms. The first-order valence-electron chi connectivity index (χ1n) is 17.3. The van der Waals surface area contributed by atoms with Crippen molar-refractivity contribution in [2.45, 2.75) is 65.8 Å². The number of allylic oxidation sites excluding steroid dienone is 4. The van der Waals surface area contributed by atoms with Crippen LogP contribution in [0.3, 0.4) is 0 Å². The number of rotatable bonds is 18. The number of aromatic nitrogens is 1. The zero-order chi connectivity index (χ0) is 40.8. The van der Waals surface area contributed by atoms with Crippen LogP contribution >= 0.6 is 0 Å². The summed E-state index contributed by atoms with van der Waals surface area (Å²) in [6.07, 6.45) is 7.06. The number of nitrogens with zero attached hydrogens (tertiary/aromatic N) is 3. The average Bonchev–Trinajstić information content (AvgIpc) is 3.73. The molecule has 0 fully saturated rings. The van der Waals surface area contributed by atoms with Gasteiger partial charge >= 0.3 is 59.1 Å². The van der Waals surface area contributed by atoms with Crippen LogP contribution in [0.25, 0.3) is 6.08 Å². The van der Waals surface area contributed by atoms with E-state index in [-0.39, 0.29) is 103 Å². The van der Waals surface area contributed by atoms with Gasteiger partial charge in [-0.25, -0.2) is 0 Å². The number of nitrogens with one attached hydrogen (secondary N) is 3. The number of aromatic amines is 1. The van der Waals surface area contributed by atoms with Crippen LogP contribution in [0.1, 0.15) is 62.5 Å². The number of carbonyl (C=O) groups excluding carboxylic acids is 2. The molecule has 16 nitrogen and oxygen atoms in total. The topological polar surface area (TPSA) is 266 Å². The maximum Gasteiger partial charge on any atom is 1.00 e. The molecule has 0 aromatic carbocycles. The van der Waals surface area contributed by atoms with Crippen LogP contribution in [-0.4, -0.2) is 90.9 Å². The smallest absolute Gasteiger partial charge is 0.862 e. The van der Waals surface area contributed by atoms with E-state index in [4.69, 9.17) is 14.1 Å². The van der Waals surface area contributed by atoms with Crippen molar-refractivity contribution in [3.05, 3.63) is 98.7 Å². The fourth-order valence-corrected chi connectivity index (χ4v) is 7.10. The Kier molecular flexibility index (Phi) is 18.6. The average molecular weight is 843 g/mol. The fourth-order valence-electron chi connectivity index (χ4n) is 6.45. The summed E-state index contributed by atoms with van der Waals surface area (Å²) in [5, 5.41) is 31.0. The molecule has 0 spiro atoms. The molecule has 0 radical (unpaired) electrons. The minimum atomic E-state index is -4.30. The molecule has 1 unspecified atom stereocenters. The van der Waals surface area contributed by atoms with Crippen LogP contribution in [-0.2, 0) is 42.7 Å². The molecule has 1 aromatic heterocycles. The monoisotopic (exact) mass is 842 g/mol. The van der Waals surface area contributed by atoms with Gasteiger partial charge in [-0.1, -0.05) is 25.3 Å². The second-order valence-electron chi connectivity index (χ2n) is 13.1. The minimum absolute atomic E-state index is 0. The number of H-pyrrole nitrogens is 1. The molecule has 3 aliphatic rings. The molecule has 4 heterocycles. The molecule has 4 rings (SSSR count). The number of aliphatic imine (C=N–C) groups is 3. The Morgan fingerprint density at radius 3 is 1.86 bits per heavy atom. The second kappa shape index (κ2) is 21.2. The normalized spacial score (nSPS) is 19.3. The van der Waals surface area contributed by atoms with Crippen LogP contribution in [0.4, 0.5) is 0 Å². The fraction of sp³-hybridized carbons (Fsp3) is 0.378. The van der Waals surface area contributed by atoms with Crippen molar-refractivity contribution in [1.82, 2.24) is 15.6 Å². The molecular formula is C37H44N6Na2O10S2. The minimum Gasteiger partial charge on any atom is -0.862 e. The molecule has 296 valence electrons. The Bertz CT molecular complexity index is 2300. The summed E-state index contributed by atoms with van der Waals surface area (Å²) in [5.74, 6) is -3.07. The first-order valence-corrected chi connectivity index (χ1v) is 20.5. The third-order valence-corrected chi connectivity index (χ3v) is 10.9. The molecule has 3 aliphatic heterocycles. The van der Waals surface area contributed by atoms with Gasteiger partial charge in [-0.2, -0.15) is 16.8 Å². The SMILES string of the molecule is C=CC1=C(C)C(=Cc2[nH]c(CC3N=C(C=C4NC(=O)C(C)=C4C=C)C(C)=C3CCC([O-])=NCCS(=O)(=O)O)c(CCC([O-])=NCCS(=O)(=O)O)c2C)NC1=O.[Na+].[Na+]. The summed E-state index contributed by atoms with van der Waals surface area (Å²) >= 11 is 0. The van der Waals surface area contributed by atoms with Gasteiger partial charge in [-0.3, -0.25) is 23.7 Å². The predicted octanol–water partition coefficient (Wildman–Crippen LogP) is -4.49. The second-order valence-corrected chi connectivity index (χ2v) is 16.3. The van der Waals surface area contributed by atoms with Crippen LogP contribution < -0.4 is 80.0 Å². The van der Waals surface area contributed by atoms with Crippen molar-refractivity contribution in [2.75, 3.05) is 24.6 Å². The number of carbonyl (C=O) groups is 2. The number of hydrogen-bond acceptors (Lipinski definition) is 11. The summed E-state index contributed by atoms with van der Waals surface area (Å²) < 4.78 is 62.5. The summed E-state index contributed by atoms with van der Waals surface area (Å²) in [5.41, 5.74) is 8.24. The molecule has 1 aromatic rings. The van der Waals surface area contributed by atoms with Crippen LogP contribution in [0.5, 0.6) is 0 Å². The van der Waals surface area contributed by atoms with Gasteiger partial charge < -0.3 is 35.8 Å². The van der Waals surface area contributed by atoms with Crippen LogP contribution in [0, 0.1) is 6.92 Å². The molecule has 0 bridgehead atoms. The maximum absolute atomic E-state index is 12.7. The molecule has 5 N–H and O–H groups in total. The third kappa shape index (κ3) is 13.4. The zero-order valence-electron chi connectivity index (χ0n) is 33.0. The van der Waals surface area contributed by atoms with Crippen molar-refractivity contribution in [3.63, 3.8) is 0 Å². The van der Waals surface area contributed by atoms with E-state index in [0.29, 0.717) is 50.8 Å². The van der Waals surface area contributed by atoms with E-state index in [1.165, 1.54) is 6.08 Å². The van der Waals surface area contributed by atoms with E-state index < -0.39 is 62.7 Å². The molecule has 0 saturated carbocycles. The molecule has 1 atom stereocenters. The van der Waals surface area contributed by atoms with Crippen molar-refractivity contribution < 1.29 is 105 Å². The van der Waals surface area contributed by atoms with Crippen molar-refractivity contribution in [1.29, 1.82) is 0 Å². The van der Waals surface area contributed by atoms with Crippen molar-refractivity contribution in [2.24, 2.45) is 15.0 Å². The summed E-state index contributed by atoms with van der Waals surface area (Å²) in [7, 11) is -8.59. The van der Waals surface area contributed by atoms with Gasteiger partial charge in [0.2, 0.25) is 0 Å². The Morgan fingerprint density at radius 1 is 0.789 bits per heavy atom. The van der Waals surface area contributed by atoms with Gasteiger partial charge in [-0.05, 0) is 105 Å². The Morgan fingerprint density at radius 2 is 1.33 bits per heavy atom. The van der Waals surface area contributed by atoms with Gasteiger partial charge in [0.05, 0.1) is 42.0 Å². The molecule has 20 heteroatoms. The summed E-state index contributed by atoms with van der Waals surface area (Å²) in [6, 6.07) is -0.542. The first-order chi connectivity index (χ1) is 25.7. The van der Waals surface area contributed by atoms with E-state index in [9.17, 15) is 36.6 Å². The van der Waals surface area contributed by atoms with Gasteiger partial charge in [0.15, 0.2) is 0 Å². The molecule has 0 saturated heterocycles. The Labute approximate surface area is 377 Å².